The van der Waals surface area contributed by atoms with Crippen molar-refractivity contribution < 1.29 is 22.7 Å². The Morgan fingerprint density at radius 1 is 1.03 bits per heavy atom. The number of hydrogen-bond donors (Lipinski definition) is 0. The van der Waals surface area contributed by atoms with Crippen LogP contribution in [0.5, 0.6) is 5.75 Å². The second-order valence-electron chi connectivity index (χ2n) is 8.03. The van der Waals surface area contributed by atoms with Crippen molar-refractivity contribution in [2.24, 2.45) is 0 Å². The summed E-state index contributed by atoms with van der Waals surface area (Å²) in [6.07, 6.45) is 0.236. The van der Waals surface area contributed by atoms with Crippen LogP contribution in [0.3, 0.4) is 0 Å². The lowest BCUT2D eigenvalue weighted by Gasteiger charge is -2.38. The molecule has 2 saturated heterocycles. The highest BCUT2D eigenvalue weighted by atomic mass is 32.2. The number of anilines is 1. The van der Waals surface area contributed by atoms with Gasteiger partial charge in [0.05, 0.1) is 12.0 Å². The summed E-state index contributed by atoms with van der Waals surface area (Å²) in [4.78, 5) is 29.7. The van der Waals surface area contributed by atoms with E-state index in [0.29, 0.717) is 37.5 Å². The third-order valence-electron chi connectivity index (χ3n) is 6.08. The quantitative estimate of drug-likeness (QED) is 0.683. The van der Waals surface area contributed by atoms with Crippen LogP contribution in [-0.4, -0.2) is 68.8 Å². The predicted molar refractivity (Wildman–Crippen MR) is 120 cm³/mol. The Hall–Kier alpha value is -3.07. The summed E-state index contributed by atoms with van der Waals surface area (Å²) in [6, 6.07) is 13.4. The average molecular weight is 458 g/mol. The summed E-state index contributed by atoms with van der Waals surface area (Å²) in [6.45, 7) is 4.00. The lowest BCUT2D eigenvalue weighted by Crippen LogP contribution is -2.55. The van der Waals surface area contributed by atoms with E-state index in [9.17, 15) is 18.0 Å². The highest BCUT2D eigenvalue weighted by molar-refractivity contribution is 7.89. The van der Waals surface area contributed by atoms with Gasteiger partial charge in [0, 0.05) is 38.3 Å². The monoisotopic (exact) mass is 457 g/mol. The van der Waals surface area contributed by atoms with E-state index in [1.54, 1.807) is 17.9 Å². The maximum Gasteiger partial charge on any atom is 0.267 e. The molecule has 0 aliphatic carbocycles. The van der Waals surface area contributed by atoms with E-state index in [1.165, 1.54) is 19.2 Å². The van der Waals surface area contributed by atoms with E-state index >= 15 is 0 Å². The Morgan fingerprint density at radius 3 is 2.34 bits per heavy atom. The lowest BCUT2D eigenvalue weighted by molar-refractivity contribution is -0.138. The molecular formula is C23H27N3O5S. The van der Waals surface area contributed by atoms with Gasteiger partial charge in [-0.05, 0) is 49.2 Å². The molecule has 0 spiro atoms. The molecule has 8 nitrogen and oxygen atoms in total. The molecule has 1 atom stereocenters. The minimum Gasteiger partial charge on any atom is -0.496 e. The van der Waals surface area contributed by atoms with Crippen LogP contribution in [0.15, 0.2) is 53.4 Å². The minimum atomic E-state index is -4.15. The third-order valence-corrected chi connectivity index (χ3v) is 7.91. The fourth-order valence-electron chi connectivity index (χ4n) is 4.35. The number of carbonyl (C=O) groups is 2. The fraction of sp³-hybridized carbons (Fsp3) is 0.391. The molecule has 2 aromatic rings. The number of methoxy groups -OCH3 is 1. The Balaban J connectivity index is 1.51. The number of aryl methyl sites for hydroxylation is 1. The zero-order valence-corrected chi connectivity index (χ0v) is 19.0. The topological polar surface area (TPSA) is 87.2 Å². The molecule has 0 N–H and O–H groups in total. The molecule has 2 fully saturated rings. The van der Waals surface area contributed by atoms with Gasteiger partial charge in [-0.15, -0.1) is 0 Å². The van der Waals surface area contributed by atoms with Crippen LogP contribution in [-0.2, 0) is 19.6 Å². The molecule has 0 saturated carbocycles. The van der Waals surface area contributed by atoms with Crippen LogP contribution in [0.25, 0.3) is 0 Å². The molecule has 2 heterocycles. The molecule has 2 aliphatic heterocycles. The van der Waals surface area contributed by atoms with Crippen LogP contribution in [0, 0.1) is 6.92 Å². The number of amides is 2. The SMILES string of the molecule is COc1ccc(S(=O)(=O)N2C(=O)CC[C@H]2C(=O)N2CCN(c3ccccc3)CC2)cc1C. The predicted octanol–water partition coefficient (Wildman–Crippen LogP) is 2.03. The number of carbonyl (C=O) groups excluding carboxylic acids is 2. The maximum absolute atomic E-state index is 13.3. The van der Waals surface area contributed by atoms with Gasteiger partial charge in [-0.3, -0.25) is 9.59 Å². The molecule has 0 bridgehead atoms. The number of nitrogens with zero attached hydrogens (tertiary/aromatic N) is 3. The second kappa shape index (κ2) is 8.82. The van der Waals surface area contributed by atoms with E-state index in [4.69, 9.17) is 4.74 Å². The highest BCUT2D eigenvalue weighted by Gasteiger charge is 2.46. The van der Waals surface area contributed by atoms with Crippen molar-refractivity contribution in [2.75, 3.05) is 38.2 Å². The number of sulfonamides is 1. The molecule has 4 rings (SSSR count). The molecular weight excluding hydrogens is 430 g/mol. The lowest BCUT2D eigenvalue weighted by atomic mass is 10.1. The smallest absolute Gasteiger partial charge is 0.267 e. The summed E-state index contributed by atoms with van der Waals surface area (Å²) in [5.41, 5.74) is 1.73. The third kappa shape index (κ3) is 4.04. The van der Waals surface area contributed by atoms with E-state index in [2.05, 4.69) is 4.90 Å². The summed E-state index contributed by atoms with van der Waals surface area (Å²) in [7, 11) is -2.64. The van der Waals surface area contributed by atoms with Crippen LogP contribution < -0.4 is 9.64 Å². The van der Waals surface area contributed by atoms with Crippen LogP contribution in [0.2, 0.25) is 0 Å². The van der Waals surface area contributed by atoms with E-state index in [-0.39, 0.29) is 23.6 Å². The number of para-hydroxylation sites is 1. The number of piperazine rings is 1. The first-order valence-electron chi connectivity index (χ1n) is 10.6. The zero-order chi connectivity index (χ0) is 22.9. The van der Waals surface area contributed by atoms with E-state index in [1.807, 2.05) is 30.3 Å². The molecule has 32 heavy (non-hydrogen) atoms. The van der Waals surface area contributed by atoms with E-state index in [0.717, 1.165) is 9.99 Å². The van der Waals surface area contributed by atoms with Crippen LogP contribution >= 0.6 is 0 Å². The van der Waals surface area contributed by atoms with Crippen molar-refractivity contribution in [2.45, 2.75) is 30.7 Å². The van der Waals surface area contributed by atoms with Gasteiger partial charge in [-0.2, -0.15) is 0 Å². The van der Waals surface area contributed by atoms with Gasteiger partial charge in [0.2, 0.25) is 11.8 Å². The van der Waals surface area contributed by atoms with Crippen molar-refractivity contribution in [1.82, 2.24) is 9.21 Å². The first kappa shape index (κ1) is 22.1. The molecule has 0 aromatic heterocycles. The van der Waals surface area contributed by atoms with Gasteiger partial charge in [0.25, 0.3) is 10.0 Å². The largest absolute Gasteiger partial charge is 0.496 e. The van der Waals surface area contributed by atoms with E-state index < -0.39 is 22.0 Å². The Bertz CT molecular complexity index is 1110. The van der Waals surface area contributed by atoms with Crippen molar-refractivity contribution in [3.63, 3.8) is 0 Å². The molecule has 170 valence electrons. The van der Waals surface area contributed by atoms with Gasteiger partial charge in [0.15, 0.2) is 0 Å². The highest BCUT2D eigenvalue weighted by Crippen LogP contribution is 2.31. The Kier molecular flexibility index (Phi) is 6.10. The van der Waals surface area contributed by atoms with Gasteiger partial charge in [-0.25, -0.2) is 12.7 Å². The molecule has 2 aliphatic rings. The molecule has 0 unspecified atom stereocenters. The Morgan fingerprint density at radius 2 is 1.72 bits per heavy atom. The summed E-state index contributed by atoms with van der Waals surface area (Å²) < 4.78 is 32.6. The Labute approximate surface area is 188 Å². The standard InChI is InChI=1S/C23H27N3O5S/c1-17-16-19(8-10-21(17)31-2)32(29,30)26-20(9-11-22(26)27)23(28)25-14-12-24(13-15-25)18-6-4-3-5-7-18/h3-8,10,16,20H,9,11-15H2,1-2H3/t20-/m0/s1. The van der Waals surface area contributed by atoms with Gasteiger partial charge in [-0.1, -0.05) is 18.2 Å². The fourth-order valence-corrected chi connectivity index (χ4v) is 6.03. The number of hydrogen-bond acceptors (Lipinski definition) is 6. The summed E-state index contributed by atoms with van der Waals surface area (Å²) in [5.74, 6) is -0.294. The normalized spacial score (nSPS) is 19.4. The number of rotatable bonds is 5. The average Bonchev–Trinajstić information content (AvgIpc) is 3.21. The van der Waals surface area contributed by atoms with Crippen molar-refractivity contribution >= 4 is 27.5 Å². The number of benzene rings is 2. The maximum atomic E-state index is 13.3. The van der Waals surface area contributed by atoms with Gasteiger partial charge >= 0.3 is 0 Å². The van der Waals surface area contributed by atoms with Crippen LogP contribution in [0.4, 0.5) is 5.69 Å². The second-order valence-corrected chi connectivity index (χ2v) is 9.84. The summed E-state index contributed by atoms with van der Waals surface area (Å²) >= 11 is 0. The molecule has 2 aromatic carbocycles. The molecule has 9 heteroatoms. The zero-order valence-electron chi connectivity index (χ0n) is 18.2. The molecule has 2 amide bonds. The minimum absolute atomic E-state index is 0.0160. The summed E-state index contributed by atoms with van der Waals surface area (Å²) in [5, 5.41) is 0. The number of ether oxygens (including phenoxy) is 1. The first-order valence-corrected chi connectivity index (χ1v) is 12.1. The van der Waals surface area contributed by atoms with Gasteiger partial charge < -0.3 is 14.5 Å². The van der Waals surface area contributed by atoms with Crippen molar-refractivity contribution in [3.8, 4) is 5.75 Å². The van der Waals surface area contributed by atoms with Crippen LogP contribution in [0.1, 0.15) is 18.4 Å². The van der Waals surface area contributed by atoms with Gasteiger partial charge in [0.1, 0.15) is 11.8 Å². The van der Waals surface area contributed by atoms with Crippen molar-refractivity contribution in [3.05, 3.63) is 54.1 Å². The first-order chi connectivity index (χ1) is 15.3. The molecule has 0 radical (unpaired) electrons. The van der Waals surface area contributed by atoms with Crippen molar-refractivity contribution in [1.29, 1.82) is 0 Å².